The lowest BCUT2D eigenvalue weighted by molar-refractivity contribution is 0.634. The molecule has 0 N–H and O–H groups in total. The molecule has 104 valence electrons. The number of hydrogen-bond acceptors (Lipinski definition) is 1. The highest BCUT2D eigenvalue weighted by Gasteiger charge is 2.10. The van der Waals surface area contributed by atoms with Crippen molar-refractivity contribution in [2.24, 2.45) is 0 Å². The number of fused-ring (bicyclic) bond motifs is 3. The number of aromatic nitrogens is 2. The molecule has 3 nitrogen and oxygen atoms in total. The first-order valence-electron chi connectivity index (χ1n) is 6.88. The van der Waals surface area contributed by atoms with Gasteiger partial charge in [-0.15, -0.1) is 11.6 Å². The Bertz CT molecular complexity index is 816. The van der Waals surface area contributed by atoms with Crippen LogP contribution in [0.1, 0.15) is 18.4 Å². The number of alkyl halides is 1. The fourth-order valence-corrected chi connectivity index (χ4v) is 2.84. The Hall–Kier alpha value is -1.74. The summed E-state index contributed by atoms with van der Waals surface area (Å²) in [5.74, 6) is 0.638. The van der Waals surface area contributed by atoms with E-state index in [2.05, 4.69) is 19.1 Å². The van der Waals surface area contributed by atoms with E-state index >= 15 is 0 Å². The highest BCUT2D eigenvalue weighted by Crippen LogP contribution is 2.17. The van der Waals surface area contributed by atoms with Crippen LogP contribution in [0.15, 0.2) is 41.3 Å². The molecule has 0 aliphatic carbocycles. The summed E-state index contributed by atoms with van der Waals surface area (Å²) in [6.07, 6.45) is 3.79. The SMILES string of the molecule is Cc1ccc2c(c1)n1cccc1c(=O)n2CCCCCl. The number of benzene rings is 1. The van der Waals surface area contributed by atoms with Gasteiger partial charge in [-0.3, -0.25) is 4.79 Å². The van der Waals surface area contributed by atoms with Gasteiger partial charge in [0.05, 0.1) is 11.0 Å². The van der Waals surface area contributed by atoms with E-state index in [1.165, 1.54) is 5.56 Å². The van der Waals surface area contributed by atoms with Crippen LogP contribution in [-0.4, -0.2) is 14.8 Å². The summed E-state index contributed by atoms with van der Waals surface area (Å²) in [6, 6.07) is 10.0. The molecule has 1 aromatic carbocycles. The van der Waals surface area contributed by atoms with E-state index in [4.69, 9.17) is 11.6 Å². The molecule has 3 aromatic rings. The van der Waals surface area contributed by atoms with Gasteiger partial charge in [0.2, 0.25) is 0 Å². The van der Waals surface area contributed by atoms with Crippen molar-refractivity contribution in [2.45, 2.75) is 26.3 Å². The maximum atomic E-state index is 12.6. The molecule has 2 aromatic heterocycles. The Morgan fingerprint density at radius 2 is 1.95 bits per heavy atom. The van der Waals surface area contributed by atoms with Crippen LogP contribution in [0, 0.1) is 6.92 Å². The molecule has 0 saturated heterocycles. The molecular weight excluding hydrogens is 272 g/mol. The quantitative estimate of drug-likeness (QED) is 0.532. The molecule has 0 unspecified atom stereocenters. The molecule has 0 radical (unpaired) electrons. The summed E-state index contributed by atoms with van der Waals surface area (Å²) in [7, 11) is 0. The molecule has 0 bridgehead atoms. The second kappa shape index (κ2) is 5.33. The van der Waals surface area contributed by atoms with E-state index in [-0.39, 0.29) is 5.56 Å². The molecule has 0 fully saturated rings. The molecule has 20 heavy (non-hydrogen) atoms. The summed E-state index contributed by atoms with van der Waals surface area (Å²) in [4.78, 5) is 12.6. The lowest BCUT2D eigenvalue weighted by Crippen LogP contribution is -2.22. The summed E-state index contributed by atoms with van der Waals surface area (Å²) in [5, 5.41) is 0. The minimum Gasteiger partial charge on any atom is -0.310 e. The van der Waals surface area contributed by atoms with Crippen molar-refractivity contribution in [3.63, 3.8) is 0 Å². The van der Waals surface area contributed by atoms with Gasteiger partial charge >= 0.3 is 0 Å². The smallest absolute Gasteiger partial charge is 0.275 e. The van der Waals surface area contributed by atoms with Crippen LogP contribution in [0.4, 0.5) is 0 Å². The summed E-state index contributed by atoms with van der Waals surface area (Å²) < 4.78 is 3.85. The van der Waals surface area contributed by atoms with Crippen LogP contribution in [0.25, 0.3) is 16.6 Å². The molecule has 3 rings (SSSR count). The molecule has 0 aliphatic heterocycles. The zero-order valence-corrected chi connectivity index (χ0v) is 12.2. The summed E-state index contributed by atoms with van der Waals surface area (Å²) in [6.45, 7) is 2.78. The molecule has 2 heterocycles. The lowest BCUT2D eigenvalue weighted by atomic mass is 10.2. The van der Waals surface area contributed by atoms with E-state index in [0.717, 1.165) is 29.4 Å². The third-order valence-electron chi connectivity index (χ3n) is 3.66. The third-order valence-corrected chi connectivity index (χ3v) is 3.93. The van der Waals surface area contributed by atoms with E-state index in [9.17, 15) is 4.79 Å². The monoisotopic (exact) mass is 288 g/mol. The van der Waals surface area contributed by atoms with Gasteiger partial charge in [0.15, 0.2) is 0 Å². The minimum absolute atomic E-state index is 0.0703. The Balaban J connectivity index is 2.29. The predicted molar refractivity (Wildman–Crippen MR) is 83.9 cm³/mol. The minimum atomic E-state index is 0.0703. The van der Waals surface area contributed by atoms with Gasteiger partial charge in [0.25, 0.3) is 5.56 Å². The van der Waals surface area contributed by atoms with Crippen molar-refractivity contribution in [3.05, 3.63) is 52.4 Å². The van der Waals surface area contributed by atoms with E-state index < -0.39 is 0 Å². The predicted octanol–water partition coefficient (Wildman–Crippen LogP) is 3.58. The largest absolute Gasteiger partial charge is 0.310 e. The third kappa shape index (κ3) is 2.12. The van der Waals surface area contributed by atoms with E-state index in [0.29, 0.717) is 12.4 Å². The van der Waals surface area contributed by atoms with Crippen molar-refractivity contribution in [1.82, 2.24) is 8.97 Å². The van der Waals surface area contributed by atoms with Crippen molar-refractivity contribution < 1.29 is 0 Å². The zero-order valence-electron chi connectivity index (χ0n) is 11.5. The lowest BCUT2D eigenvalue weighted by Gasteiger charge is -2.13. The number of halogens is 1. The molecule has 0 spiro atoms. The van der Waals surface area contributed by atoms with Gasteiger partial charge in [-0.1, -0.05) is 6.07 Å². The standard InChI is InChI=1S/C16H17ClN2O/c1-12-6-7-13-15(11-12)18-10-4-5-14(18)16(20)19(13)9-3-2-8-17/h4-7,10-11H,2-3,8-9H2,1H3. The number of hydrogen-bond donors (Lipinski definition) is 0. The van der Waals surface area contributed by atoms with Gasteiger partial charge in [-0.25, -0.2) is 0 Å². The van der Waals surface area contributed by atoms with Crippen molar-refractivity contribution in [2.75, 3.05) is 5.88 Å². The first-order valence-corrected chi connectivity index (χ1v) is 7.42. The second-order valence-corrected chi connectivity index (χ2v) is 5.49. The summed E-state index contributed by atoms with van der Waals surface area (Å²) in [5.41, 5.74) is 4.06. The van der Waals surface area contributed by atoms with E-state index in [1.807, 2.05) is 33.4 Å². The molecule has 0 amide bonds. The van der Waals surface area contributed by atoms with E-state index in [1.54, 1.807) is 0 Å². The van der Waals surface area contributed by atoms with Crippen LogP contribution in [-0.2, 0) is 6.54 Å². The molecular formula is C16H17ClN2O. The van der Waals surface area contributed by atoms with Crippen LogP contribution < -0.4 is 5.56 Å². The Labute approximate surface area is 122 Å². The maximum Gasteiger partial charge on any atom is 0.275 e. The fourth-order valence-electron chi connectivity index (χ4n) is 2.65. The average molecular weight is 289 g/mol. The highest BCUT2D eigenvalue weighted by molar-refractivity contribution is 6.17. The first-order chi connectivity index (χ1) is 9.72. The molecule has 0 atom stereocenters. The van der Waals surface area contributed by atoms with Crippen LogP contribution >= 0.6 is 11.6 Å². The molecule has 0 aliphatic rings. The molecule has 0 saturated carbocycles. The second-order valence-electron chi connectivity index (χ2n) is 5.11. The normalized spacial score (nSPS) is 11.5. The Morgan fingerprint density at radius 1 is 1.10 bits per heavy atom. The summed E-state index contributed by atoms with van der Waals surface area (Å²) >= 11 is 5.73. The average Bonchev–Trinajstić information content (AvgIpc) is 2.92. The van der Waals surface area contributed by atoms with Crippen molar-refractivity contribution >= 4 is 28.2 Å². The zero-order chi connectivity index (χ0) is 14.1. The Morgan fingerprint density at radius 3 is 2.75 bits per heavy atom. The van der Waals surface area contributed by atoms with Gasteiger partial charge < -0.3 is 8.97 Å². The van der Waals surface area contributed by atoms with Crippen molar-refractivity contribution in [3.8, 4) is 0 Å². The topological polar surface area (TPSA) is 26.4 Å². The van der Waals surface area contributed by atoms with Crippen LogP contribution in [0.5, 0.6) is 0 Å². The van der Waals surface area contributed by atoms with Crippen LogP contribution in [0.2, 0.25) is 0 Å². The maximum absolute atomic E-state index is 12.6. The van der Waals surface area contributed by atoms with Crippen molar-refractivity contribution in [1.29, 1.82) is 0 Å². The van der Waals surface area contributed by atoms with Gasteiger partial charge in [-0.05, 0) is 49.6 Å². The fraction of sp³-hybridized carbons (Fsp3) is 0.312. The number of nitrogens with zero attached hydrogens (tertiary/aromatic N) is 2. The molecule has 4 heteroatoms. The van der Waals surface area contributed by atoms with Gasteiger partial charge in [0.1, 0.15) is 5.52 Å². The first kappa shape index (κ1) is 13.3. The number of unbranched alkanes of at least 4 members (excludes halogenated alkanes) is 1. The van der Waals surface area contributed by atoms with Gasteiger partial charge in [-0.2, -0.15) is 0 Å². The van der Waals surface area contributed by atoms with Gasteiger partial charge in [0, 0.05) is 18.6 Å². The Kier molecular flexibility index (Phi) is 3.53. The number of aryl methyl sites for hydroxylation is 2. The van der Waals surface area contributed by atoms with Crippen LogP contribution in [0.3, 0.4) is 0 Å². The highest BCUT2D eigenvalue weighted by atomic mass is 35.5. The number of rotatable bonds is 4.